The van der Waals surface area contributed by atoms with Crippen molar-refractivity contribution in [1.82, 2.24) is 10.6 Å². The molecule has 104 valence electrons. The largest absolute Gasteiger partial charge is 0.389 e. The van der Waals surface area contributed by atoms with Gasteiger partial charge in [-0.25, -0.2) is 0 Å². The first-order chi connectivity index (χ1) is 9.16. The number of carbonyl (C=O) groups excluding carboxylic acids is 1. The lowest BCUT2D eigenvalue weighted by atomic mass is 10.1. The molecule has 0 aliphatic carbocycles. The zero-order valence-corrected chi connectivity index (χ0v) is 11.1. The van der Waals surface area contributed by atoms with Crippen molar-refractivity contribution in [2.75, 3.05) is 26.3 Å². The van der Waals surface area contributed by atoms with Crippen molar-refractivity contribution in [3.8, 4) is 0 Å². The number of ether oxygens (including phenoxy) is 1. The highest BCUT2D eigenvalue weighted by molar-refractivity contribution is 5.94. The Hall–Kier alpha value is -1.43. The van der Waals surface area contributed by atoms with Crippen LogP contribution in [0, 0.1) is 6.92 Å². The maximum atomic E-state index is 11.8. The zero-order valence-electron chi connectivity index (χ0n) is 11.1. The van der Waals surface area contributed by atoms with E-state index in [9.17, 15) is 9.90 Å². The molecule has 1 aliphatic heterocycles. The summed E-state index contributed by atoms with van der Waals surface area (Å²) in [5, 5.41) is 15.5. The van der Waals surface area contributed by atoms with Crippen LogP contribution >= 0.6 is 0 Å². The molecule has 1 aromatic carbocycles. The van der Waals surface area contributed by atoms with Crippen molar-refractivity contribution in [1.29, 1.82) is 0 Å². The Morgan fingerprint density at radius 1 is 1.32 bits per heavy atom. The quantitative estimate of drug-likeness (QED) is 0.658. The van der Waals surface area contributed by atoms with E-state index in [0.29, 0.717) is 31.9 Å². The lowest BCUT2D eigenvalue weighted by Gasteiger charge is -2.14. The molecule has 0 saturated carbocycles. The molecule has 1 aromatic rings. The fraction of sp³-hybridized carbons (Fsp3) is 0.500. The molecule has 2 unspecified atom stereocenters. The van der Waals surface area contributed by atoms with Crippen LogP contribution in [0.5, 0.6) is 0 Å². The Kier molecular flexibility index (Phi) is 4.90. The smallest absolute Gasteiger partial charge is 0.251 e. The molecule has 19 heavy (non-hydrogen) atoms. The molecule has 3 N–H and O–H groups in total. The second-order valence-electron chi connectivity index (χ2n) is 4.79. The van der Waals surface area contributed by atoms with Crippen molar-refractivity contribution in [2.45, 2.75) is 19.1 Å². The maximum Gasteiger partial charge on any atom is 0.251 e. The Balaban J connectivity index is 1.68. The first kappa shape index (κ1) is 14.0. The Labute approximate surface area is 113 Å². The summed E-state index contributed by atoms with van der Waals surface area (Å²) in [5.74, 6) is -0.0787. The number of aliphatic hydroxyl groups is 1. The van der Waals surface area contributed by atoms with E-state index in [2.05, 4.69) is 10.6 Å². The Morgan fingerprint density at radius 2 is 2.05 bits per heavy atom. The van der Waals surface area contributed by atoms with Crippen LogP contribution in [0.1, 0.15) is 15.9 Å². The summed E-state index contributed by atoms with van der Waals surface area (Å²) >= 11 is 0. The van der Waals surface area contributed by atoms with Gasteiger partial charge in [-0.2, -0.15) is 0 Å². The number of hydrogen-bond acceptors (Lipinski definition) is 4. The topological polar surface area (TPSA) is 70.6 Å². The average molecular weight is 264 g/mol. The van der Waals surface area contributed by atoms with Gasteiger partial charge >= 0.3 is 0 Å². The van der Waals surface area contributed by atoms with E-state index in [4.69, 9.17) is 4.74 Å². The Bertz CT molecular complexity index is 419. The fourth-order valence-corrected chi connectivity index (χ4v) is 1.98. The second-order valence-corrected chi connectivity index (χ2v) is 4.79. The Morgan fingerprint density at radius 3 is 2.68 bits per heavy atom. The van der Waals surface area contributed by atoms with Crippen molar-refractivity contribution < 1.29 is 14.6 Å². The minimum atomic E-state index is -0.451. The molecule has 1 aliphatic rings. The third kappa shape index (κ3) is 4.02. The van der Waals surface area contributed by atoms with Crippen LogP contribution < -0.4 is 10.6 Å². The van der Waals surface area contributed by atoms with Crippen LogP contribution in [0.25, 0.3) is 0 Å². The highest BCUT2D eigenvalue weighted by Crippen LogP contribution is 2.04. The number of aliphatic hydroxyl groups excluding tert-OH is 1. The number of rotatable bonds is 5. The van der Waals surface area contributed by atoms with Gasteiger partial charge in [0.2, 0.25) is 0 Å². The van der Waals surface area contributed by atoms with E-state index in [1.165, 1.54) is 0 Å². The van der Waals surface area contributed by atoms with Gasteiger partial charge in [0.1, 0.15) is 0 Å². The molecule has 0 bridgehead atoms. The minimum Gasteiger partial charge on any atom is -0.389 e. The molecular formula is C14H20N2O3. The summed E-state index contributed by atoms with van der Waals surface area (Å²) in [6.45, 7) is 4.03. The lowest BCUT2D eigenvalue weighted by molar-refractivity contribution is 0.0952. The normalized spacial score (nSPS) is 22.4. The third-order valence-corrected chi connectivity index (χ3v) is 3.18. The van der Waals surface area contributed by atoms with Gasteiger partial charge in [0.25, 0.3) is 5.91 Å². The molecule has 1 heterocycles. The van der Waals surface area contributed by atoms with Crippen molar-refractivity contribution in [3.05, 3.63) is 35.4 Å². The molecule has 2 rings (SSSR count). The summed E-state index contributed by atoms with van der Waals surface area (Å²) in [4.78, 5) is 11.8. The molecule has 2 atom stereocenters. The highest BCUT2D eigenvalue weighted by atomic mass is 16.5. The predicted molar refractivity (Wildman–Crippen MR) is 72.1 cm³/mol. The molecule has 5 nitrogen and oxygen atoms in total. The van der Waals surface area contributed by atoms with Gasteiger partial charge in [-0.15, -0.1) is 0 Å². The summed E-state index contributed by atoms with van der Waals surface area (Å²) < 4.78 is 5.13. The van der Waals surface area contributed by atoms with E-state index >= 15 is 0 Å². The van der Waals surface area contributed by atoms with Gasteiger partial charge in [-0.05, 0) is 19.1 Å². The molecule has 0 aromatic heterocycles. The maximum absolute atomic E-state index is 11.8. The van der Waals surface area contributed by atoms with E-state index in [0.717, 1.165) is 5.56 Å². The van der Waals surface area contributed by atoms with Gasteiger partial charge in [0, 0.05) is 18.7 Å². The van der Waals surface area contributed by atoms with Crippen molar-refractivity contribution in [2.24, 2.45) is 0 Å². The summed E-state index contributed by atoms with van der Waals surface area (Å²) in [6, 6.07) is 7.43. The van der Waals surface area contributed by atoms with Gasteiger partial charge in [0.15, 0.2) is 0 Å². The zero-order chi connectivity index (χ0) is 13.7. The standard InChI is InChI=1S/C14H20N2O3/c1-10-2-4-11(5-3-10)14(18)16-7-6-15-12-8-19-9-13(12)17/h2-5,12-13,15,17H,6-9H2,1H3,(H,16,18). The van der Waals surface area contributed by atoms with Crippen LogP contribution in [-0.2, 0) is 4.74 Å². The first-order valence-corrected chi connectivity index (χ1v) is 6.51. The number of benzene rings is 1. The highest BCUT2D eigenvalue weighted by Gasteiger charge is 2.25. The summed E-state index contributed by atoms with van der Waals surface area (Å²) in [6.07, 6.45) is -0.451. The van der Waals surface area contributed by atoms with Crippen molar-refractivity contribution in [3.63, 3.8) is 0 Å². The molecule has 1 amide bonds. The van der Waals surface area contributed by atoms with Gasteiger partial charge < -0.3 is 20.5 Å². The van der Waals surface area contributed by atoms with E-state index in [1.54, 1.807) is 0 Å². The van der Waals surface area contributed by atoms with Crippen molar-refractivity contribution >= 4 is 5.91 Å². The summed E-state index contributed by atoms with van der Waals surface area (Å²) in [7, 11) is 0. The third-order valence-electron chi connectivity index (χ3n) is 3.18. The fourth-order valence-electron chi connectivity index (χ4n) is 1.98. The van der Waals surface area contributed by atoms with Crippen LogP contribution in [-0.4, -0.2) is 49.5 Å². The lowest BCUT2D eigenvalue weighted by Crippen LogP contribution is -2.42. The number of carbonyl (C=O) groups is 1. The second kappa shape index (κ2) is 6.65. The minimum absolute atomic E-state index is 0.0312. The monoisotopic (exact) mass is 264 g/mol. The number of amides is 1. The van der Waals surface area contributed by atoms with Crippen LogP contribution in [0.4, 0.5) is 0 Å². The number of aryl methyl sites for hydroxylation is 1. The van der Waals surface area contributed by atoms with Crippen LogP contribution in [0.3, 0.4) is 0 Å². The van der Waals surface area contributed by atoms with Crippen LogP contribution in [0.2, 0.25) is 0 Å². The van der Waals surface area contributed by atoms with E-state index in [1.807, 2.05) is 31.2 Å². The molecule has 1 fully saturated rings. The van der Waals surface area contributed by atoms with Gasteiger partial charge in [0.05, 0.1) is 25.4 Å². The first-order valence-electron chi connectivity index (χ1n) is 6.51. The van der Waals surface area contributed by atoms with Gasteiger partial charge in [-0.3, -0.25) is 4.79 Å². The van der Waals surface area contributed by atoms with E-state index < -0.39 is 6.10 Å². The molecule has 1 saturated heterocycles. The molecular weight excluding hydrogens is 244 g/mol. The number of hydrogen-bond donors (Lipinski definition) is 3. The van der Waals surface area contributed by atoms with E-state index in [-0.39, 0.29) is 11.9 Å². The van der Waals surface area contributed by atoms with Crippen LogP contribution in [0.15, 0.2) is 24.3 Å². The summed E-state index contributed by atoms with van der Waals surface area (Å²) in [5.41, 5.74) is 1.79. The molecule has 5 heteroatoms. The van der Waals surface area contributed by atoms with Gasteiger partial charge in [-0.1, -0.05) is 17.7 Å². The predicted octanol–water partition coefficient (Wildman–Crippen LogP) is 0.0741. The SMILES string of the molecule is Cc1ccc(C(=O)NCCNC2COCC2O)cc1. The molecule has 0 spiro atoms. The number of nitrogens with one attached hydrogen (secondary N) is 2. The average Bonchev–Trinajstić information content (AvgIpc) is 2.81. The molecule has 0 radical (unpaired) electrons.